The third-order valence-corrected chi connectivity index (χ3v) is 5.06. The van der Waals surface area contributed by atoms with Gasteiger partial charge in [-0.05, 0) is 85.0 Å². The van der Waals surface area contributed by atoms with E-state index in [9.17, 15) is 9.90 Å². The number of fused-ring (bicyclic) bond motifs is 2. The molecule has 0 spiro atoms. The van der Waals surface area contributed by atoms with Gasteiger partial charge in [0.1, 0.15) is 9.30 Å². The number of halogens is 1. The van der Waals surface area contributed by atoms with Crippen LogP contribution in [0.3, 0.4) is 0 Å². The summed E-state index contributed by atoms with van der Waals surface area (Å²) in [4.78, 5) is 15.0. The van der Waals surface area contributed by atoms with E-state index < -0.39 is 11.7 Å². The number of hydrogen-bond acceptors (Lipinski definition) is 5. The molecular weight excluding hydrogens is 483 g/mol. The molecule has 148 valence electrons. The van der Waals surface area contributed by atoms with Gasteiger partial charge < -0.3 is 14.8 Å². The summed E-state index contributed by atoms with van der Waals surface area (Å²) in [6.45, 7) is 5.42. The third-order valence-electron chi connectivity index (χ3n) is 4.26. The number of aromatic amines is 1. The predicted molar refractivity (Wildman–Crippen MR) is 121 cm³/mol. The van der Waals surface area contributed by atoms with Gasteiger partial charge in [0.2, 0.25) is 0 Å². The average Bonchev–Trinajstić information content (AvgIpc) is 3.14. The number of aromatic nitrogens is 1. The molecule has 7 nitrogen and oxygen atoms in total. The highest BCUT2D eigenvalue weighted by molar-refractivity contribution is 14.1. The molecule has 0 fully saturated rings. The zero-order chi connectivity index (χ0) is 20.8. The Kier molecular flexibility index (Phi) is 4.81. The van der Waals surface area contributed by atoms with Gasteiger partial charge in [0.15, 0.2) is 5.88 Å². The van der Waals surface area contributed by atoms with Gasteiger partial charge in [0.25, 0.3) is 0 Å². The van der Waals surface area contributed by atoms with Gasteiger partial charge in [0.05, 0.1) is 5.69 Å². The maximum atomic E-state index is 12.1. The second kappa shape index (κ2) is 7.18. The van der Waals surface area contributed by atoms with Crippen molar-refractivity contribution in [2.24, 2.45) is 10.2 Å². The first kappa shape index (κ1) is 19.4. The number of azo groups is 1. The lowest BCUT2D eigenvalue weighted by atomic mass is 10.1. The molecule has 2 aromatic carbocycles. The summed E-state index contributed by atoms with van der Waals surface area (Å²) >= 11 is 2.15. The van der Waals surface area contributed by atoms with E-state index in [1.807, 2.05) is 45.0 Å². The summed E-state index contributed by atoms with van der Waals surface area (Å²) in [5.41, 5.74) is 2.18. The molecule has 1 aromatic heterocycles. The van der Waals surface area contributed by atoms with Crippen molar-refractivity contribution in [2.45, 2.75) is 26.4 Å². The summed E-state index contributed by atoms with van der Waals surface area (Å²) in [6.07, 6.45) is 1.34. The van der Waals surface area contributed by atoms with Crippen LogP contribution in [0.1, 0.15) is 26.3 Å². The lowest BCUT2D eigenvalue weighted by molar-refractivity contribution is 0.0636. The molecule has 0 aliphatic carbocycles. The van der Waals surface area contributed by atoms with Crippen molar-refractivity contribution >= 4 is 60.7 Å². The summed E-state index contributed by atoms with van der Waals surface area (Å²) in [6, 6.07) is 11.2. The first-order valence-electron chi connectivity index (χ1n) is 8.98. The third kappa shape index (κ3) is 4.12. The number of ether oxygens (including phenoxy) is 1. The van der Waals surface area contributed by atoms with Crippen molar-refractivity contribution < 1.29 is 14.6 Å². The molecule has 0 bridgehead atoms. The minimum absolute atomic E-state index is 0.0534. The Morgan fingerprint density at radius 1 is 1.21 bits per heavy atom. The Balaban J connectivity index is 1.73. The van der Waals surface area contributed by atoms with Gasteiger partial charge >= 0.3 is 6.09 Å². The maximum Gasteiger partial charge on any atom is 0.412 e. The van der Waals surface area contributed by atoms with E-state index in [2.05, 4.69) is 43.1 Å². The van der Waals surface area contributed by atoms with Crippen molar-refractivity contribution in [3.8, 4) is 5.88 Å². The molecule has 3 aromatic rings. The standard InChI is InChI=1S/C21H19IN4O3/c1-21(2,3)29-20(28)23-12-5-7-16-14(10-12)15(19(27)24-16)8-11-4-6-13-17(9-11)25-26-18(13)22/h4-10,24,27H,1-3H3,(H,23,28). The SMILES string of the molecule is CC(C)(C)OC(=O)Nc1ccc2[nH]c(O)c(C=c3ccc4c(c3)N=NC=4I)c2c1. The van der Waals surface area contributed by atoms with E-state index in [-0.39, 0.29) is 5.88 Å². The van der Waals surface area contributed by atoms with Crippen LogP contribution in [-0.2, 0) is 4.74 Å². The number of amides is 1. The Morgan fingerprint density at radius 2 is 2.00 bits per heavy atom. The van der Waals surface area contributed by atoms with Crippen LogP contribution < -0.4 is 15.8 Å². The number of carbonyl (C=O) groups is 1. The second-order valence-electron chi connectivity index (χ2n) is 7.69. The van der Waals surface area contributed by atoms with Gasteiger partial charge in [-0.3, -0.25) is 5.32 Å². The van der Waals surface area contributed by atoms with Gasteiger partial charge in [-0.25, -0.2) is 4.79 Å². The fourth-order valence-corrected chi connectivity index (χ4v) is 3.62. The minimum atomic E-state index is -0.584. The van der Waals surface area contributed by atoms with Crippen LogP contribution >= 0.6 is 22.6 Å². The number of H-pyrrole nitrogens is 1. The number of hydrogen-bond donors (Lipinski definition) is 3. The molecule has 0 saturated heterocycles. The molecule has 4 rings (SSSR count). The molecule has 2 heterocycles. The van der Waals surface area contributed by atoms with Crippen LogP contribution in [0.15, 0.2) is 46.6 Å². The van der Waals surface area contributed by atoms with E-state index in [1.165, 1.54) is 0 Å². The highest BCUT2D eigenvalue weighted by atomic mass is 127. The van der Waals surface area contributed by atoms with Crippen LogP contribution in [0, 0.1) is 0 Å². The maximum absolute atomic E-state index is 12.1. The van der Waals surface area contributed by atoms with Gasteiger partial charge in [-0.15, -0.1) is 10.2 Å². The fourth-order valence-electron chi connectivity index (χ4n) is 3.06. The van der Waals surface area contributed by atoms with Crippen molar-refractivity contribution in [1.29, 1.82) is 0 Å². The summed E-state index contributed by atoms with van der Waals surface area (Å²) < 4.78 is 6.16. The average molecular weight is 502 g/mol. The van der Waals surface area contributed by atoms with Crippen LogP contribution in [-0.4, -0.2) is 21.8 Å². The molecule has 1 aliphatic heterocycles. The molecule has 0 radical (unpaired) electrons. The molecule has 0 unspecified atom stereocenters. The monoisotopic (exact) mass is 502 g/mol. The van der Waals surface area contributed by atoms with E-state index in [1.54, 1.807) is 18.2 Å². The molecule has 3 N–H and O–H groups in total. The van der Waals surface area contributed by atoms with Crippen LogP contribution in [0.25, 0.3) is 20.7 Å². The van der Waals surface area contributed by atoms with Crippen molar-refractivity contribution in [3.63, 3.8) is 0 Å². The molecule has 0 atom stereocenters. The van der Waals surface area contributed by atoms with Gasteiger partial charge in [-0.2, -0.15) is 0 Å². The van der Waals surface area contributed by atoms with E-state index in [4.69, 9.17) is 4.74 Å². The van der Waals surface area contributed by atoms with E-state index in [0.717, 1.165) is 30.7 Å². The lowest BCUT2D eigenvalue weighted by Crippen LogP contribution is -2.27. The molecular formula is C21H19IN4O3. The summed E-state index contributed by atoms with van der Waals surface area (Å²) in [7, 11) is 0. The quantitative estimate of drug-likeness (QED) is 0.352. The Labute approximate surface area is 180 Å². The van der Waals surface area contributed by atoms with Crippen LogP contribution in [0.5, 0.6) is 5.88 Å². The number of benzene rings is 2. The Morgan fingerprint density at radius 3 is 2.76 bits per heavy atom. The fraction of sp³-hybridized carbons (Fsp3) is 0.190. The van der Waals surface area contributed by atoms with Crippen molar-refractivity contribution in [1.82, 2.24) is 4.98 Å². The number of nitrogens with one attached hydrogen (secondary N) is 2. The first-order chi connectivity index (χ1) is 13.7. The first-order valence-corrected chi connectivity index (χ1v) is 10.1. The molecule has 1 aliphatic rings. The van der Waals surface area contributed by atoms with Gasteiger partial charge in [-0.1, -0.05) is 6.07 Å². The molecule has 0 saturated carbocycles. The zero-order valence-corrected chi connectivity index (χ0v) is 18.2. The molecule has 1 amide bonds. The zero-order valence-electron chi connectivity index (χ0n) is 16.1. The topological polar surface area (TPSA) is 99.1 Å². The molecule has 29 heavy (non-hydrogen) atoms. The summed E-state index contributed by atoms with van der Waals surface area (Å²) in [5.74, 6) is 0.0534. The second-order valence-corrected chi connectivity index (χ2v) is 8.71. The molecule has 8 heteroatoms. The lowest BCUT2D eigenvalue weighted by Gasteiger charge is -2.19. The number of anilines is 1. The Hall–Kier alpha value is -2.88. The number of nitrogens with zero attached hydrogens (tertiary/aromatic N) is 2. The van der Waals surface area contributed by atoms with E-state index in [0.29, 0.717) is 11.3 Å². The predicted octanol–water partition coefficient (Wildman–Crippen LogP) is 4.65. The highest BCUT2D eigenvalue weighted by Crippen LogP contribution is 2.30. The highest BCUT2D eigenvalue weighted by Gasteiger charge is 2.17. The minimum Gasteiger partial charge on any atom is -0.494 e. The number of rotatable bonds is 2. The van der Waals surface area contributed by atoms with Gasteiger partial charge in [0, 0.05) is 27.4 Å². The normalized spacial score (nSPS) is 13.8. The number of aromatic hydroxyl groups is 1. The summed E-state index contributed by atoms with van der Waals surface area (Å²) in [5, 5.41) is 24.0. The van der Waals surface area contributed by atoms with Crippen LogP contribution in [0.2, 0.25) is 0 Å². The number of carbonyl (C=O) groups excluding carboxylic acids is 1. The Bertz CT molecular complexity index is 1290. The van der Waals surface area contributed by atoms with Crippen molar-refractivity contribution in [2.75, 3.05) is 5.32 Å². The van der Waals surface area contributed by atoms with E-state index >= 15 is 0 Å². The van der Waals surface area contributed by atoms with Crippen LogP contribution in [0.4, 0.5) is 16.2 Å². The largest absolute Gasteiger partial charge is 0.494 e. The van der Waals surface area contributed by atoms with Crippen molar-refractivity contribution in [3.05, 3.63) is 52.4 Å². The smallest absolute Gasteiger partial charge is 0.412 e.